The smallest absolute Gasteiger partial charge is 0.307 e. The lowest BCUT2D eigenvalue weighted by Gasteiger charge is -2.37. The Labute approximate surface area is 292 Å². The number of carbonyl (C=O) groups is 2. The van der Waals surface area contributed by atoms with Crippen molar-refractivity contribution in [2.24, 2.45) is 23.7 Å². The lowest BCUT2D eigenvalue weighted by Crippen LogP contribution is -2.52. The standard InChI is InChI=1S/C34H56N4O12/c39-33(32-28(34(40)41)4-2-6-31(32)38(44)45)35-22-7-11-24(12-8-22)49-26-15-17-27(18-16-26)50-25-13-9-23(10-14-25)36-47-20-29-21(19-48-46)3-1-5-30(29)37(42)43/h21-32,36,46H,1-20H2,(H,35,39)(H,40,41). The Morgan fingerprint density at radius 3 is 1.68 bits per heavy atom. The Morgan fingerprint density at radius 2 is 1.16 bits per heavy atom. The minimum atomic E-state index is -1.16. The fourth-order valence-corrected chi connectivity index (χ4v) is 9.26. The maximum atomic E-state index is 13.1. The van der Waals surface area contributed by atoms with Crippen LogP contribution in [0.25, 0.3) is 0 Å². The molecule has 6 atom stereocenters. The fourth-order valence-electron chi connectivity index (χ4n) is 9.26. The van der Waals surface area contributed by atoms with Crippen LogP contribution in [-0.2, 0) is 28.8 Å². The summed E-state index contributed by atoms with van der Waals surface area (Å²) in [6.07, 6.45) is 14.0. The van der Waals surface area contributed by atoms with Gasteiger partial charge in [0.25, 0.3) is 0 Å². The fraction of sp³-hybridized carbons (Fsp3) is 0.941. The topological polar surface area (TPSA) is 222 Å². The van der Waals surface area contributed by atoms with E-state index in [0.29, 0.717) is 25.7 Å². The molecule has 5 aliphatic carbocycles. The van der Waals surface area contributed by atoms with Crippen LogP contribution in [0.5, 0.6) is 0 Å². The Balaban J connectivity index is 0.945. The molecule has 4 N–H and O–H groups in total. The average Bonchev–Trinajstić information content (AvgIpc) is 3.11. The molecule has 5 fully saturated rings. The van der Waals surface area contributed by atoms with E-state index in [0.717, 1.165) is 77.0 Å². The highest BCUT2D eigenvalue weighted by Crippen LogP contribution is 2.35. The van der Waals surface area contributed by atoms with Crippen molar-refractivity contribution in [3.63, 3.8) is 0 Å². The number of nitrogens with one attached hydrogen (secondary N) is 2. The summed E-state index contributed by atoms with van der Waals surface area (Å²) in [5, 5.41) is 44.6. The molecule has 50 heavy (non-hydrogen) atoms. The monoisotopic (exact) mass is 712 g/mol. The Bertz CT molecular complexity index is 1100. The molecule has 6 unspecified atom stereocenters. The number of ether oxygens (including phenoxy) is 2. The number of hydroxylamine groups is 1. The molecule has 0 aromatic rings. The van der Waals surface area contributed by atoms with Crippen molar-refractivity contribution in [3.8, 4) is 0 Å². The van der Waals surface area contributed by atoms with Crippen molar-refractivity contribution in [2.45, 2.75) is 164 Å². The van der Waals surface area contributed by atoms with Gasteiger partial charge in [0.05, 0.1) is 49.5 Å². The highest BCUT2D eigenvalue weighted by Gasteiger charge is 2.49. The van der Waals surface area contributed by atoms with E-state index in [1.165, 1.54) is 0 Å². The van der Waals surface area contributed by atoms with Crippen molar-refractivity contribution >= 4 is 11.9 Å². The van der Waals surface area contributed by atoms with Crippen molar-refractivity contribution in [1.82, 2.24) is 10.8 Å². The molecule has 5 saturated carbocycles. The molecule has 0 saturated heterocycles. The largest absolute Gasteiger partial charge is 0.481 e. The Kier molecular flexibility index (Phi) is 14.6. The lowest BCUT2D eigenvalue weighted by molar-refractivity contribution is -0.540. The van der Waals surface area contributed by atoms with E-state index >= 15 is 0 Å². The van der Waals surface area contributed by atoms with E-state index in [2.05, 4.69) is 15.7 Å². The maximum Gasteiger partial charge on any atom is 0.307 e. The van der Waals surface area contributed by atoms with Crippen LogP contribution in [0.15, 0.2) is 0 Å². The summed E-state index contributed by atoms with van der Waals surface area (Å²) in [5.74, 6) is -4.25. The van der Waals surface area contributed by atoms with E-state index in [9.17, 15) is 34.9 Å². The molecule has 0 aromatic heterocycles. The van der Waals surface area contributed by atoms with Gasteiger partial charge in [-0.15, -0.1) is 0 Å². The summed E-state index contributed by atoms with van der Waals surface area (Å²) in [6, 6.07) is -1.82. The van der Waals surface area contributed by atoms with Crippen LogP contribution in [0.3, 0.4) is 0 Å². The van der Waals surface area contributed by atoms with Crippen molar-refractivity contribution in [1.29, 1.82) is 0 Å². The first-order valence-corrected chi connectivity index (χ1v) is 18.9. The lowest BCUT2D eigenvalue weighted by atomic mass is 9.75. The number of aliphatic carboxylic acids is 1. The van der Waals surface area contributed by atoms with E-state index < -0.39 is 40.7 Å². The van der Waals surface area contributed by atoms with Gasteiger partial charge in [-0.3, -0.25) is 35.1 Å². The van der Waals surface area contributed by atoms with Crippen LogP contribution in [0, 0.1) is 43.9 Å². The predicted octanol–water partition coefficient (Wildman–Crippen LogP) is 4.29. The second kappa shape index (κ2) is 18.8. The molecule has 0 heterocycles. The van der Waals surface area contributed by atoms with Crippen LogP contribution >= 0.6 is 0 Å². The summed E-state index contributed by atoms with van der Waals surface area (Å²) < 4.78 is 12.9. The molecule has 0 bridgehead atoms. The molecule has 0 aromatic carbocycles. The number of nitrogens with zero attached hydrogens (tertiary/aromatic N) is 2. The van der Waals surface area contributed by atoms with Crippen LogP contribution in [0.2, 0.25) is 0 Å². The van der Waals surface area contributed by atoms with E-state index in [1.807, 2.05) is 0 Å². The normalized spacial score (nSPS) is 38.2. The summed E-state index contributed by atoms with van der Waals surface area (Å²) in [6.45, 7) is 0.286. The molecule has 5 rings (SSSR count). The molecule has 0 radical (unpaired) electrons. The van der Waals surface area contributed by atoms with E-state index in [4.69, 9.17) is 19.6 Å². The highest BCUT2D eigenvalue weighted by atomic mass is 17.1. The van der Waals surface area contributed by atoms with Gasteiger partial charge < -0.3 is 24.7 Å². The number of carboxylic acid groups (broad SMARTS) is 1. The van der Waals surface area contributed by atoms with Crippen LogP contribution in [-0.4, -0.2) is 93.9 Å². The number of hydrogen-bond acceptors (Lipinski definition) is 12. The zero-order valence-electron chi connectivity index (χ0n) is 28.9. The Hall–Kier alpha value is -2.50. The third kappa shape index (κ3) is 10.5. The molecule has 0 aliphatic heterocycles. The molecule has 1 amide bonds. The maximum absolute atomic E-state index is 13.1. The van der Waals surface area contributed by atoms with Gasteiger partial charge in [0.2, 0.25) is 18.0 Å². The van der Waals surface area contributed by atoms with Crippen LogP contribution in [0.4, 0.5) is 0 Å². The average molecular weight is 713 g/mol. The van der Waals surface area contributed by atoms with E-state index in [1.54, 1.807) is 0 Å². The van der Waals surface area contributed by atoms with Gasteiger partial charge in [-0.25, -0.2) is 4.89 Å². The summed E-state index contributed by atoms with van der Waals surface area (Å²) in [5.41, 5.74) is 3.13. The van der Waals surface area contributed by atoms with Gasteiger partial charge in [-0.2, -0.15) is 5.48 Å². The van der Waals surface area contributed by atoms with Crippen molar-refractivity contribution in [3.05, 3.63) is 20.2 Å². The third-order valence-corrected chi connectivity index (χ3v) is 12.1. The van der Waals surface area contributed by atoms with Gasteiger partial charge >= 0.3 is 5.97 Å². The van der Waals surface area contributed by atoms with Gasteiger partial charge in [0.1, 0.15) is 5.92 Å². The molecular formula is C34H56N4O12. The third-order valence-electron chi connectivity index (χ3n) is 12.1. The molecule has 0 spiro atoms. The minimum absolute atomic E-state index is 0.0766. The number of carboxylic acids is 1. The second-order valence-corrected chi connectivity index (χ2v) is 15.3. The minimum Gasteiger partial charge on any atom is -0.481 e. The van der Waals surface area contributed by atoms with Crippen LogP contribution in [0.1, 0.15) is 116 Å². The number of carbonyl (C=O) groups excluding carboxylic acids is 1. The van der Waals surface area contributed by atoms with Gasteiger partial charge in [-0.1, -0.05) is 0 Å². The van der Waals surface area contributed by atoms with Crippen molar-refractivity contribution < 1.29 is 49.0 Å². The SMILES string of the molecule is O=C(O)C1CCCC([N+](=O)[O-])C1C(=O)NC1CCC(OC2CCC(OC3CCC(NOCC4C(COO)CCCC4[N+](=O)[O-])CC3)CC2)CC1. The van der Waals surface area contributed by atoms with Gasteiger partial charge in [0, 0.05) is 34.8 Å². The number of amides is 1. The molecule has 16 heteroatoms. The zero-order chi connectivity index (χ0) is 35.6. The number of hydrogen-bond donors (Lipinski definition) is 4. The second-order valence-electron chi connectivity index (χ2n) is 15.3. The molecular weight excluding hydrogens is 656 g/mol. The number of nitro groups is 2. The highest BCUT2D eigenvalue weighted by molar-refractivity contribution is 5.85. The van der Waals surface area contributed by atoms with Gasteiger partial charge in [0.15, 0.2) is 0 Å². The first-order chi connectivity index (χ1) is 24.1. The first kappa shape index (κ1) is 38.7. The van der Waals surface area contributed by atoms with Gasteiger partial charge in [-0.05, 0) is 109 Å². The van der Waals surface area contributed by atoms with Crippen molar-refractivity contribution in [2.75, 3.05) is 13.2 Å². The number of rotatable bonds is 15. The summed E-state index contributed by atoms with van der Waals surface area (Å²) in [4.78, 5) is 57.4. The van der Waals surface area contributed by atoms with E-state index in [-0.39, 0.29) is 79.3 Å². The molecule has 5 aliphatic rings. The molecule has 16 nitrogen and oxygen atoms in total. The summed E-state index contributed by atoms with van der Waals surface area (Å²) >= 11 is 0. The molecule has 284 valence electrons. The first-order valence-electron chi connectivity index (χ1n) is 18.9. The zero-order valence-corrected chi connectivity index (χ0v) is 28.9. The summed E-state index contributed by atoms with van der Waals surface area (Å²) in [7, 11) is 0. The quantitative estimate of drug-likeness (QED) is 0.106. The van der Waals surface area contributed by atoms with Crippen LogP contribution < -0.4 is 10.8 Å². The predicted molar refractivity (Wildman–Crippen MR) is 177 cm³/mol. The Morgan fingerprint density at radius 1 is 0.660 bits per heavy atom.